The van der Waals surface area contributed by atoms with Gasteiger partial charge < -0.3 is 4.42 Å². The Hall–Kier alpha value is -4.88. The zero-order valence-electron chi connectivity index (χ0n) is 20.1. The summed E-state index contributed by atoms with van der Waals surface area (Å²) in [6, 6.07) is 47.8. The largest absolute Gasteiger partial charge is 0.455 e. The molecule has 0 N–H and O–H groups in total. The van der Waals surface area contributed by atoms with Crippen LogP contribution >= 0.6 is 0 Å². The van der Waals surface area contributed by atoms with Gasteiger partial charge in [0.2, 0.25) is 0 Å². The Morgan fingerprint density at radius 3 is 1.51 bits per heavy atom. The van der Waals surface area contributed by atoms with Crippen LogP contribution in [0.5, 0.6) is 0 Å². The van der Waals surface area contributed by atoms with Crippen LogP contribution in [-0.2, 0) is 0 Å². The van der Waals surface area contributed by atoms with E-state index in [-0.39, 0.29) is 0 Å². The molecule has 172 valence electrons. The molecular weight excluding hydrogens is 448 g/mol. The molecule has 0 saturated carbocycles. The Morgan fingerprint density at radius 2 is 0.838 bits per heavy atom. The van der Waals surface area contributed by atoms with Crippen molar-refractivity contribution in [3.63, 3.8) is 0 Å². The lowest BCUT2D eigenvalue weighted by atomic mass is 9.86. The van der Waals surface area contributed by atoms with Crippen molar-refractivity contribution in [2.75, 3.05) is 0 Å². The highest BCUT2D eigenvalue weighted by Crippen LogP contribution is 2.46. The lowest BCUT2D eigenvalue weighted by Crippen LogP contribution is -1.90. The second-order valence-corrected chi connectivity index (χ2v) is 9.68. The molecule has 7 aromatic carbocycles. The first kappa shape index (κ1) is 20.3. The summed E-state index contributed by atoms with van der Waals surface area (Å²) in [6.45, 7) is 0. The Bertz CT molecular complexity index is 2080. The van der Waals surface area contributed by atoms with Crippen molar-refractivity contribution in [3.8, 4) is 22.5 Å². The first-order valence-corrected chi connectivity index (χ1v) is 12.7. The lowest BCUT2D eigenvalue weighted by Gasteiger charge is -2.17. The Kier molecular flexibility index (Phi) is 4.29. The Morgan fingerprint density at radius 1 is 0.351 bits per heavy atom. The van der Waals surface area contributed by atoms with Gasteiger partial charge in [0.05, 0.1) is 0 Å². The fraction of sp³-hybridized carbons (Fsp3) is 0. The van der Waals surface area contributed by atoms with E-state index in [9.17, 15) is 0 Å². The third kappa shape index (κ3) is 2.98. The number of hydrogen-bond acceptors (Lipinski definition) is 1. The van der Waals surface area contributed by atoms with E-state index in [1.54, 1.807) is 0 Å². The topological polar surface area (TPSA) is 13.1 Å². The van der Waals surface area contributed by atoms with Gasteiger partial charge in [0.25, 0.3) is 0 Å². The van der Waals surface area contributed by atoms with Gasteiger partial charge in [-0.15, -0.1) is 0 Å². The first-order valence-electron chi connectivity index (χ1n) is 12.7. The SMILES string of the molecule is c1ccc2c(-c3c4ccccc4c(-c4cc5ccc6ccccc6c5o4)c4ccccc34)cccc2c1. The summed E-state index contributed by atoms with van der Waals surface area (Å²) in [5, 5.41) is 10.9. The normalized spacial score (nSPS) is 11.8. The molecule has 0 bridgehead atoms. The molecule has 0 atom stereocenters. The minimum atomic E-state index is 0.906. The van der Waals surface area contributed by atoms with Crippen LogP contribution in [0.3, 0.4) is 0 Å². The molecule has 0 aliphatic heterocycles. The molecule has 0 aliphatic rings. The van der Waals surface area contributed by atoms with Crippen LogP contribution < -0.4 is 0 Å². The smallest absolute Gasteiger partial charge is 0.142 e. The van der Waals surface area contributed by atoms with Gasteiger partial charge in [-0.3, -0.25) is 0 Å². The molecule has 0 aliphatic carbocycles. The first-order chi connectivity index (χ1) is 18.4. The van der Waals surface area contributed by atoms with Crippen LogP contribution in [0.25, 0.3) is 76.5 Å². The molecule has 37 heavy (non-hydrogen) atoms. The second kappa shape index (κ2) is 7.81. The maximum Gasteiger partial charge on any atom is 0.142 e. The molecule has 8 aromatic rings. The molecule has 1 heteroatoms. The number of fused-ring (bicyclic) bond motifs is 6. The summed E-state index contributed by atoms with van der Waals surface area (Å²) in [5.74, 6) is 0.906. The Balaban J connectivity index is 1.52. The number of furan rings is 1. The highest BCUT2D eigenvalue weighted by atomic mass is 16.3. The molecule has 1 nitrogen and oxygen atoms in total. The molecule has 1 aromatic heterocycles. The molecule has 0 spiro atoms. The molecule has 0 saturated heterocycles. The van der Waals surface area contributed by atoms with E-state index in [0.717, 1.165) is 27.7 Å². The summed E-state index contributed by atoms with van der Waals surface area (Å²) >= 11 is 0. The van der Waals surface area contributed by atoms with Crippen molar-refractivity contribution in [2.45, 2.75) is 0 Å². The average molecular weight is 471 g/mol. The summed E-state index contributed by atoms with van der Waals surface area (Å²) in [5.41, 5.74) is 4.62. The maximum absolute atomic E-state index is 6.70. The molecule has 8 rings (SSSR count). The predicted octanol–water partition coefficient (Wildman–Crippen LogP) is 10.4. The van der Waals surface area contributed by atoms with Crippen LogP contribution in [0.1, 0.15) is 0 Å². The van der Waals surface area contributed by atoms with Crippen molar-refractivity contribution in [1.82, 2.24) is 0 Å². The van der Waals surface area contributed by atoms with Gasteiger partial charge in [0.1, 0.15) is 11.3 Å². The van der Waals surface area contributed by atoms with Crippen molar-refractivity contribution in [2.24, 2.45) is 0 Å². The monoisotopic (exact) mass is 470 g/mol. The van der Waals surface area contributed by atoms with E-state index in [2.05, 4.69) is 133 Å². The van der Waals surface area contributed by atoms with Gasteiger partial charge in [-0.05, 0) is 54.9 Å². The van der Waals surface area contributed by atoms with E-state index in [0.29, 0.717) is 0 Å². The van der Waals surface area contributed by atoms with E-state index in [1.165, 1.54) is 48.8 Å². The van der Waals surface area contributed by atoms with Crippen LogP contribution in [0.15, 0.2) is 138 Å². The third-order valence-corrected chi connectivity index (χ3v) is 7.65. The number of hydrogen-bond donors (Lipinski definition) is 0. The zero-order chi connectivity index (χ0) is 24.3. The maximum atomic E-state index is 6.70. The van der Waals surface area contributed by atoms with Gasteiger partial charge in [-0.25, -0.2) is 0 Å². The van der Waals surface area contributed by atoms with Crippen molar-refractivity contribution < 1.29 is 4.42 Å². The van der Waals surface area contributed by atoms with Crippen LogP contribution in [0.2, 0.25) is 0 Å². The van der Waals surface area contributed by atoms with E-state index in [1.807, 2.05) is 0 Å². The van der Waals surface area contributed by atoms with Crippen molar-refractivity contribution >= 4 is 54.1 Å². The predicted molar refractivity (Wildman–Crippen MR) is 157 cm³/mol. The Labute approximate surface area is 214 Å². The molecule has 0 radical (unpaired) electrons. The zero-order valence-corrected chi connectivity index (χ0v) is 20.1. The second-order valence-electron chi connectivity index (χ2n) is 9.68. The van der Waals surface area contributed by atoms with Gasteiger partial charge in [-0.2, -0.15) is 0 Å². The van der Waals surface area contributed by atoms with Crippen LogP contribution in [-0.4, -0.2) is 0 Å². The lowest BCUT2D eigenvalue weighted by molar-refractivity contribution is 0.636. The fourth-order valence-corrected chi connectivity index (χ4v) is 6.02. The van der Waals surface area contributed by atoms with E-state index in [4.69, 9.17) is 4.42 Å². The molecular formula is C36H22O. The number of rotatable bonds is 2. The van der Waals surface area contributed by atoms with Gasteiger partial charge >= 0.3 is 0 Å². The summed E-state index contributed by atoms with van der Waals surface area (Å²) in [7, 11) is 0. The van der Waals surface area contributed by atoms with Crippen molar-refractivity contribution in [3.05, 3.63) is 133 Å². The molecule has 0 fully saturated rings. The fourth-order valence-electron chi connectivity index (χ4n) is 6.02. The van der Waals surface area contributed by atoms with Gasteiger partial charge in [0.15, 0.2) is 0 Å². The molecule has 1 heterocycles. The minimum Gasteiger partial charge on any atom is -0.455 e. The molecule has 0 unspecified atom stereocenters. The number of benzene rings is 7. The highest BCUT2D eigenvalue weighted by Gasteiger charge is 2.20. The van der Waals surface area contributed by atoms with E-state index < -0.39 is 0 Å². The van der Waals surface area contributed by atoms with Crippen LogP contribution in [0.4, 0.5) is 0 Å². The quantitative estimate of drug-likeness (QED) is 0.229. The minimum absolute atomic E-state index is 0.906. The van der Waals surface area contributed by atoms with Gasteiger partial charge in [0, 0.05) is 16.3 Å². The average Bonchev–Trinajstić information content (AvgIpc) is 3.40. The summed E-state index contributed by atoms with van der Waals surface area (Å²) < 4.78 is 6.70. The summed E-state index contributed by atoms with van der Waals surface area (Å²) in [4.78, 5) is 0. The van der Waals surface area contributed by atoms with Gasteiger partial charge in [-0.1, -0.05) is 127 Å². The third-order valence-electron chi connectivity index (χ3n) is 7.65. The standard InChI is InChI=1S/C36H22O/c1-3-13-26-23(10-1)12-9-19-28(26)34-29-15-5-7-17-31(29)35(32-18-8-6-16-30(32)34)33-22-25-21-20-24-11-2-4-14-27(24)36(25)37-33/h1-22H. The van der Waals surface area contributed by atoms with E-state index >= 15 is 0 Å². The molecule has 0 amide bonds. The summed E-state index contributed by atoms with van der Waals surface area (Å²) in [6.07, 6.45) is 0. The highest BCUT2D eigenvalue weighted by molar-refractivity contribution is 6.23. The van der Waals surface area contributed by atoms with Crippen molar-refractivity contribution in [1.29, 1.82) is 0 Å². The van der Waals surface area contributed by atoms with Crippen LogP contribution in [0, 0.1) is 0 Å².